The molecule has 0 unspecified atom stereocenters. The van der Waals surface area contributed by atoms with Gasteiger partial charge in [0.05, 0.1) is 5.56 Å². The van der Waals surface area contributed by atoms with Crippen LogP contribution in [-0.4, -0.2) is 9.91 Å². The van der Waals surface area contributed by atoms with Crippen LogP contribution in [0.15, 0.2) is 12.3 Å². The maximum absolute atomic E-state index is 12.6. The van der Waals surface area contributed by atoms with Crippen molar-refractivity contribution in [2.45, 2.75) is 6.92 Å². The van der Waals surface area contributed by atoms with Crippen molar-refractivity contribution >= 4 is 5.82 Å². The molecule has 0 N–H and O–H groups in total. The van der Waals surface area contributed by atoms with Gasteiger partial charge in [0.25, 0.3) is 0 Å². The lowest BCUT2D eigenvalue weighted by Gasteiger charge is -1.95. The summed E-state index contributed by atoms with van der Waals surface area (Å²) in [4.78, 5) is 12.8. The van der Waals surface area contributed by atoms with Crippen LogP contribution in [0.3, 0.4) is 0 Å². The predicted molar refractivity (Wildman–Crippen MR) is 35.6 cm³/mol. The van der Waals surface area contributed by atoms with Crippen molar-refractivity contribution in [2.24, 2.45) is 0 Å². The fourth-order valence-corrected chi connectivity index (χ4v) is 0.686. The summed E-state index contributed by atoms with van der Waals surface area (Å²) in [6.45, 7) is 1.32. The second-order valence-corrected chi connectivity index (χ2v) is 2.00. The minimum atomic E-state index is -0.710. The van der Waals surface area contributed by atoms with Crippen molar-refractivity contribution in [3.05, 3.63) is 33.8 Å². The highest BCUT2D eigenvalue weighted by atomic mass is 19.1. The third kappa shape index (κ3) is 1.31. The first-order valence-electron chi connectivity index (χ1n) is 2.88. The molecule has 0 amide bonds. The van der Waals surface area contributed by atoms with Gasteiger partial charge in [0.15, 0.2) is 0 Å². The van der Waals surface area contributed by atoms with E-state index in [1.165, 1.54) is 6.92 Å². The lowest BCUT2D eigenvalue weighted by Crippen LogP contribution is -1.96. The Bertz CT molecular complexity index is 301. The van der Waals surface area contributed by atoms with Crippen molar-refractivity contribution in [1.82, 2.24) is 4.98 Å². The molecule has 0 aromatic carbocycles. The fraction of sp³-hybridized carbons (Fsp3) is 0.167. The Morgan fingerprint density at radius 3 is 2.82 bits per heavy atom. The third-order valence-corrected chi connectivity index (χ3v) is 1.28. The fourth-order valence-electron chi connectivity index (χ4n) is 0.686. The monoisotopic (exact) mass is 156 g/mol. The zero-order valence-corrected chi connectivity index (χ0v) is 5.74. The van der Waals surface area contributed by atoms with Crippen LogP contribution in [0.2, 0.25) is 0 Å². The van der Waals surface area contributed by atoms with Gasteiger partial charge < -0.3 is 10.1 Å². The van der Waals surface area contributed by atoms with E-state index in [9.17, 15) is 14.5 Å². The molecule has 0 spiro atoms. The number of rotatable bonds is 1. The summed E-state index contributed by atoms with van der Waals surface area (Å²) in [6, 6.07) is 1.09. The summed E-state index contributed by atoms with van der Waals surface area (Å²) in [5.41, 5.74) is -0.0301. The molecular formula is C6H5FN2O2. The molecule has 0 saturated carbocycles. The van der Waals surface area contributed by atoms with Crippen molar-refractivity contribution in [1.29, 1.82) is 0 Å². The molecule has 0 fully saturated rings. The summed E-state index contributed by atoms with van der Waals surface area (Å²) in [5.74, 6) is -1.03. The van der Waals surface area contributed by atoms with E-state index in [1.54, 1.807) is 0 Å². The second-order valence-electron chi connectivity index (χ2n) is 2.00. The number of nitro groups is 1. The van der Waals surface area contributed by atoms with Gasteiger partial charge >= 0.3 is 5.82 Å². The molecule has 1 aromatic heterocycles. The van der Waals surface area contributed by atoms with E-state index in [4.69, 9.17) is 0 Å². The van der Waals surface area contributed by atoms with Crippen LogP contribution in [0.25, 0.3) is 0 Å². The molecule has 0 aliphatic rings. The topological polar surface area (TPSA) is 56.0 Å². The largest absolute Gasteiger partial charge is 0.369 e. The third-order valence-electron chi connectivity index (χ3n) is 1.28. The van der Waals surface area contributed by atoms with Crippen molar-refractivity contribution in [2.75, 3.05) is 0 Å². The molecule has 58 valence electrons. The highest BCUT2D eigenvalue weighted by Gasteiger charge is 2.14. The molecular weight excluding hydrogens is 151 g/mol. The van der Waals surface area contributed by atoms with Gasteiger partial charge in [-0.2, -0.15) is 0 Å². The number of hydrogen-bond acceptors (Lipinski definition) is 3. The molecule has 11 heavy (non-hydrogen) atoms. The van der Waals surface area contributed by atoms with Crippen LogP contribution in [0.4, 0.5) is 10.2 Å². The lowest BCUT2D eigenvalue weighted by atomic mass is 10.3. The van der Waals surface area contributed by atoms with Gasteiger partial charge in [-0.15, -0.1) is 0 Å². The number of hydrogen-bond donors (Lipinski definition) is 0. The Labute approximate surface area is 61.8 Å². The van der Waals surface area contributed by atoms with Gasteiger partial charge in [0.1, 0.15) is 12.0 Å². The van der Waals surface area contributed by atoms with E-state index in [0.717, 1.165) is 12.3 Å². The molecule has 0 aliphatic carbocycles. The number of aromatic nitrogens is 1. The van der Waals surface area contributed by atoms with Crippen molar-refractivity contribution < 1.29 is 9.31 Å². The molecule has 1 heterocycles. The molecule has 1 rings (SSSR count). The summed E-state index contributed by atoms with van der Waals surface area (Å²) >= 11 is 0. The Kier molecular flexibility index (Phi) is 1.80. The minimum absolute atomic E-state index is 0.0301. The predicted octanol–water partition coefficient (Wildman–Crippen LogP) is 1.44. The van der Waals surface area contributed by atoms with Crippen LogP contribution >= 0.6 is 0 Å². The van der Waals surface area contributed by atoms with Crippen LogP contribution in [0.1, 0.15) is 5.56 Å². The van der Waals surface area contributed by atoms with Gasteiger partial charge in [-0.3, -0.25) is 0 Å². The van der Waals surface area contributed by atoms with E-state index >= 15 is 0 Å². The molecule has 0 aliphatic heterocycles. The first kappa shape index (κ1) is 7.59. The highest BCUT2D eigenvalue weighted by Crippen LogP contribution is 2.15. The van der Waals surface area contributed by atoms with Crippen LogP contribution < -0.4 is 0 Å². The van der Waals surface area contributed by atoms with Gasteiger partial charge in [0, 0.05) is 6.07 Å². The number of pyridine rings is 1. The zero-order chi connectivity index (χ0) is 8.43. The van der Waals surface area contributed by atoms with Gasteiger partial charge in [0.2, 0.25) is 0 Å². The molecule has 4 nitrogen and oxygen atoms in total. The molecule has 5 heteroatoms. The zero-order valence-electron chi connectivity index (χ0n) is 5.74. The number of nitrogens with zero attached hydrogens (tertiary/aromatic N) is 2. The van der Waals surface area contributed by atoms with E-state index in [-0.39, 0.29) is 5.56 Å². The molecule has 0 bridgehead atoms. The molecule has 1 aromatic rings. The van der Waals surface area contributed by atoms with Crippen LogP contribution in [0.5, 0.6) is 0 Å². The summed E-state index contributed by atoms with van der Waals surface area (Å²) in [7, 11) is 0. The van der Waals surface area contributed by atoms with Gasteiger partial charge in [-0.05, 0) is 16.8 Å². The standard InChI is InChI=1S/C6H5FN2O2/c1-4-5(7)2-3-8-6(4)9(10)11/h2-3H,1H3. The Morgan fingerprint density at radius 1 is 1.73 bits per heavy atom. The average molecular weight is 156 g/mol. The summed E-state index contributed by atoms with van der Waals surface area (Å²) in [6.07, 6.45) is 1.07. The van der Waals surface area contributed by atoms with Crippen molar-refractivity contribution in [3.8, 4) is 0 Å². The van der Waals surface area contributed by atoms with E-state index in [1.807, 2.05) is 0 Å². The van der Waals surface area contributed by atoms with Crippen molar-refractivity contribution in [3.63, 3.8) is 0 Å². The molecule has 0 atom stereocenters. The van der Waals surface area contributed by atoms with Crippen LogP contribution in [0, 0.1) is 22.9 Å². The Hall–Kier alpha value is -1.52. The maximum Gasteiger partial charge on any atom is 0.369 e. The number of halogens is 1. The lowest BCUT2D eigenvalue weighted by molar-refractivity contribution is -0.390. The molecule has 0 radical (unpaired) electrons. The first-order valence-corrected chi connectivity index (χ1v) is 2.88. The average Bonchev–Trinajstić information content (AvgIpc) is 1.94. The first-order chi connectivity index (χ1) is 5.13. The highest BCUT2D eigenvalue weighted by molar-refractivity contribution is 5.31. The Balaban J connectivity index is 3.27. The smallest absolute Gasteiger partial charge is 0.358 e. The van der Waals surface area contributed by atoms with E-state index < -0.39 is 16.6 Å². The molecule has 0 saturated heterocycles. The van der Waals surface area contributed by atoms with Crippen LogP contribution in [-0.2, 0) is 0 Å². The minimum Gasteiger partial charge on any atom is -0.358 e. The SMILES string of the molecule is Cc1c(F)ccnc1[N+](=O)[O-]. The van der Waals surface area contributed by atoms with E-state index in [2.05, 4.69) is 4.98 Å². The summed E-state index contributed by atoms with van der Waals surface area (Å²) in [5, 5.41) is 10.2. The quantitative estimate of drug-likeness (QED) is 0.456. The van der Waals surface area contributed by atoms with E-state index in [0.29, 0.717) is 0 Å². The van der Waals surface area contributed by atoms with Gasteiger partial charge in [-0.1, -0.05) is 0 Å². The normalized spacial score (nSPS) is 9.64. The summed E-state index contributed by atoms with van der Waals surface area (Å²) < 4.78 is 12.6. The second kappa shape index (κ2) is 2.61. The maximum atomic E-state index is 12.6. The Morgan fingerprint density at radius 2 is 2.36 bits per heavy atom. The van der Waals surface area contributed by atoms with Gasteiger partial charge in [-0.25, -0.2) is 4.39 Å².